The van der Waals surface area contributed by atoms with Gasteiger partial charge in [-0.15, -0.1) is 0 Å². The van der Waals surface area contributed by atoms with Crippen molar-refractivity contribution in [1.82, 2.24) is 19.5 Å². The van der Waals surface area contributed by atoms with Crippen molar-refractivity contribution in [1.29, 1.82) is 0 Å². The number of aromatic amines is 1. The molecule has 1 atom stereocenters. The van der Waals surface area contributed by atoms with Gasteiger partial charge in [-0.25, -0.2) is 4.98 Å². The molecule has 0 spiro atoms. The second kappa shape index (κ2) is 9.57. The first-order valence-corrected chi connectivity index (χ1v) is 11.6. The number of imidazole rings is 1. The molecule has 3 N–H and O–H groups in total. The van der Waals surface area contributed by atoms with Gasteiger partial charge >= 0.3 is 7.60 Å². The molecule has 12 heteroatoms. The fourth-order valence-corrected chi connectivity index (χ4v) is 4.87. The summed E-state index contributed by atoms with van der Waals surface area (Å²) in [5.41, 5.74) is 5.85. The highest BCUT2D eigenvalue weighted by molar-refractivity contribution is 7.53. The minimum Gasteiger partial charge on any atom is -0.369 e. The molecule has 0 aliphatic carbocycles. The van der Waals surface area contributed by atoms with Gasteiger partial charge in [-0.3, -0.25) is 14.3 Å². The number of H-pyrrole nitrogens is 1. The highest BCUT2D eigenvalue weighted by Gasteiger charge is 2.31. The molecule has 0 aliphatic rings. The molecule has 0 bridgehead atoms. The molecule has 2 aromatic heterocycles. The zero-order valence-corrected chi connectivity index (χ0v) is 19.7. The van der Waals surface area contributed by atoms with Gasteiger partial charge in [-0.05, 0) is 27.7 Å². The number of hydrogen-bond donors (Lipinski definition) is 2. The van der Waals surface area contributed by atoms with Crippen LogP contribution in [0.4, 0.5) is 5.95 Å². The lowest BCUT2D eigenvalue weighted by Crippen LogP contribution is -2.44. The minimum absolute atomic E-state index is 0.0125. The van der Waals surface area contributed by atoms with Crippen LogP contribution in [0.5, 0.6) is 0 Å². The molecule has 2 aromatic rings. The van der Waals surface area contributed by atoms with Crippen LogP contribution in [-0.4, -0.2) is 76.3 Å². The first-order chi connectivity index (χ1) is 13.8. The summed E-state index contributed by atoms with van der Waals surface area (Å²) in [5.74, 6) is 0.0125. The number of anilines is 1. The summed E-state index contributed by atoms with van der Waals surface area (Å²) in [6.45, 7) is 8.12. The molecule has 11 nitrogen and oxygen atoms in total. The Morgan fingerprint density at radius 3 is 2.33 bits per heavy atom. The summed E-state index contributed by atoms with van der Waals surface area (Å²) < 4.78 is 32.6. The first kappa shape index (κ1) is 24.5. The maximum atomic E-state index is 13.1. The van der Waals surface area contributed by atoms with Crippen LogP contribution in [0.2, 0.25) is 0 Å². The van der Waals surface area contributed by atoms with Crippen molar-refractivity contribution in [3.05, 3.63) is 16.7 Å². The van der Waals surface area contributed by atoms with Gasteiger partial charge in [-0.2, -0.15) is 4.98 Å². The number of nitrogen functional groups attached to an aromatic ring is 1. The Labute approximate surface area is 176 Å². The average Bonchev–Trinajstić information content (AvgIpc) is 2.93. The number of aromatic nitrogens is 4. The largest absolute Gasteiger partial charge is 0.369 e. The van der Waals surface area contributed by atoms with E-state index in [1.807, 2.05) is 21.1 Å². The Hall–Kier alpha value is -1.78. The number of hydrogen-bond acceptors (Lipinski definition) is 8. The van der Waals surface area contributed by atoms with E-state index in [-0.39, 0.29) is 36.1 Å². The van der Waals surface area contributed by atoms with E-state index in [1.54, 1.807) is 32.3 Å². The molecule has 0 saturated carbocycles. The molecule has 170 valence electrons. The first-order valence-electron chi connectivity index (χ1n) is 9.86. The predicted octanol–water partition coefficient (Wildman–Crippen LogP) is 1.79. The minimum atomic E-state index is -3.45. The Bertz CT molecular complexity index is 935. The number of nitrogens with one attached hydrogen (secondary N) is 1. The number of nitrogens with zero attached hydrogens (tertiary/aromatic N) is 4. The van der Waals surface area contributed by atoms with Gasteiger partial charge in [-0.1, -0.05) is 0 Å². The molecule has 0 radical (unpaired) electrons. The van der Waals surface area contributed by atoms with Crippen molar-refractivity contribution in [3.8, 4) is 0 Å². The number of nitrogens with two attached hydrogens (primary N) is 1. The highest BCUT2D eigenvalue weighted by Crippen LogP contribution is 2.50. The van der Waals surface area contributed by atoms with Crippen LogP contribution in [0.3, 0.4) is 0 Å². The van der Waals surface area contributed by atoms with Gasteiger partial charge in [0.2, 0.25) is 5.95 Å². The van der Waals surface area contributed by atoms with Gasteiger partial charge in [0.05, 0.1) is 46.2 Å². The third-order valence-corrected chi connectivity index (χ3v) is 5.81. The third-order valence-electron chi connectivity index (χ3n) is 3.86. The van der Waals surface area contributed by atoms with Gasteiger partial charge in [0.25, 0.3) is 5.56 Å². The van der Waals surface area contributed by atoms with Crippen LogP contribution in [-0.2, 0) is 24.9 Å². The van der Waals surface area contributed by atoms with Crippen molar-refractivity contribution in [2.75, 3.05) is 39.8 Å². The SMILES string of the molecule is CC(C)OP(=O)(COC(Cn1cnc2c(=O)[nH]c(N)nc21)C[N+](C)(C)C)OC(C)C. The monoisotopic (exact) mass is 445 g/mol. The van der Waals surface area contributed by atoms with E-state index in [4.69, 9.17) is 19.5 Å². The van der Waals surface area contributed by atoms with Crippen molar-refractivity contribution in [3.63, 3.8) is 0 Å². The van der Waals surface area contributed by atoms with Crippen LogP contribution >= 0.6 is 7.60 Å². The van der Waals surface area contributed by atoms with E-state index in [0.717, 1.165) is 0 Å². The van der Waals surface area contributed by atoms with Crippen LogP contribution in [0, 0.1) is 0 Å². The zero-order valence-electron chi connectivity index (χ0n) is 18.8. The van der Waals surface area contributed by atoms with Crippen LogP contribution in [0.25, 0.3) is 11.2 Å². The third kappa shape index (κ3) is 7.17. The molecule has 30 heavy (non-hydrogen) atoms. The topological polar surface area (TPSA) is 134 Å². The number of rotatable bonds is 11. The van der Waals surface area contributed by atoms with Crippen molar-refractivity contribution >= 4 is 24.7 Å². The van der Waals surface area contributed by atoms with Crippen molar-refractivity contribution in [2.45, 2.75) is 52.6 Å². The molecular weight excluding hydrogens is 411 g/mol. The maximum absolute atomic E-state index is 13.1. The fourth-order valence-electron chi connectivity index (χ4n) is 3.02. The lowest BCUT2D eigenvalue weighted by molar-refractivity contribution is -0.873. The summed E-state index contributed by atoms with van der Waals surface area (Å²) in [7, 11) is 2.63. The molecule has 0 aliphatic heterocycles. The summed E-state index contributed by atoms with van der Waals surface area (Å²) in [5, 5.41) is 0. The smallest absolute Gasteiger partial charge is 0.356 e. The van der Waals surface area contributed by atoms with E-state index >= 15 is 0 Å². The van der Waals surface area contributed by atoms with Crippen LogP contribution in [0.1, 0.15) is 27.7 Å². The predicted molar refractivity (Wildman–Crippen MR) is 115 cm³/mol. The van der Waals surface area contributed by atoms with E-state index in [2.05, 4.69) is 15.0 Å². The molecule has 2 rings (SSSR count). The van der Waals surface area contributed by atoms with E-state index in [0.29, 0.717) is 23.2 Å². The molecule has 1 unspecified atom stereocenters. The Balaban J connectivity index is 2.26. The second-order valence-electron chi connectivity index (χ2n) is 8.83. The lowest BCUT2D eigenvalue weighted by Gasteiger charge is -2.31. The van der Waals surface area contributed by atoms with E-state index < -0.39 is 13.2 Å². The molecule has 0 amide bonds. The van der Waals surface area contributed by atoms with Gasteiger partial charge < -0.3 is 28.6 Å². The fraction of sp³-hybridized carbons (Fsp3) is 0.722. The standard InChI is InChI=1S/C18H33N6O5P/c1-12(2)28-30(26,29-13(3)4)11-27-14(9-24(5,6)7)8-23-10-20-15-16(23)21-18(19)22-17(15)25/h10,12-14H,8-9,11H2,1-7H3,(H2-,19,21,22,25)/p+1. The average molecular weight is 445 g/mol. The summed E-state index contributed by atoms with van der Waals surface area (Å²) in [6.07, 6.45) is 0.423. The molecule has 0 saturated heterocycles. The van der Waals surface area contributed by atoms with Crippen LogP contribution in [0.15, 0.2) is 11.1 Å². The highest BCUT2D eigenvalue weighted by atomic mass is 31.2. The zero-order chi connectivity index (χ0) is 22.7. The van der Waals surface area contributed by atoms with Gasteiger partial charge in [0.15, 0.2) is 11.2 Å². The molecule has 2 heterocycles. The maximum Gasteiger partial charge on any atom is 0.356 e. The molecule has 0 fully saturated rings. The van der Waals surface area contributed by atoms with E-state index in [1.165, 1.54) is 6.33 Å². The van der Waals surface area contributed by atoms with Gasteiger partial charge in [0.1, 0.15) is 19.0 Å². The molecular formula is C18H34N6O5P+. The summed E-state index contributed by atoms with van der Waals surface area (Å²) in [4.78, 5) is 22.8. The number of quaternary nitrogens is 1. The quantitative estimate of drug-likeness (QED) is 0.395. The number of fused-ring (bicyclic) bond motifs is 1. The van der Waals surface area contributed by atoms with Crippen LogP contribution < -0.4 is 11.3 Å². The number of likely N-dealkylation sites (N-methyl/N-ethyl adjacent to an activating group) is 1. The Kier molecular flexibility index (Phi) is 7.81. The van der Waals surface area contributed by atoms with Crippen molar-refractivity contribution in [2.24, 2.45) is 0 Å². The van der Waals surface area contributed by atoms with Gasteiger partial charge in [0, 0.05) is 0 Å². The second-order valence-corrected chi connectivity index (χ2v) is 10.7. The molecule has 0 aromatic carbocycles. The normalized spacial score (nSPS) is 14.2. The summed E-state index contributed by atoms with van der Waals surface area (Å²) >= 11 is 0. The Morgan fingerprint density at radius 2 is 1.80 bits per heavy atom. The van der Waals surface area contributed by atoms with E-state index in [9.17, 15) is 9.36 Å². The van der Waals surface area contributed by atoms with Crippen molar-refractivity contribution < 1.29 is 22.8 Å². The summed E-state index contributed by atoms with van der Waals surface area (Å²) in [6, 6.07) is 0. The lowest BCUT2D eigenvalue weighted by atomic mass is 10.3. The number of ether oxygens (including phenoxy) is 1. The Morgan fingerprint density at radius 1 is 1.20 bits per heavy atom.